The van der Waals surface area contributed by atoms with Gasteiger partial charge in [0, 0.05) is 10.9 Å². The number of rotatable bonds is 5. The zero-order valence-electron chi connectivity index (χ0n) is 14.9. The van der Waals surface area contributed by atoms with Gasteiger partial charge in [-0.25, -0.2) is 18.5 Å². The molecule has 0 amide bonds. The Morgan fingerprint density at radius 1 is 0.821 bits per heavy atom. The minimum Gasteiger partial charge on any atom is -0.476 e. The quantitative estimate of drug-likeness (QED) is 0.554. The molecule has 3 aromatic carbocycles. The highest BCUT2D eigenvalue weighted by Crippen LogP contribution is 2.32. The number of sulfonamides is 1. The van der Waals surface area contributed by atoms with Crippen molar-refractivity contribution in [1.82, 2.24) is 4.98 Å². The van der Waals surface area contributed by atoms with Gasteiger partial charge in [0.1, 0.15) is 5.75 Å². The Labute approximate surface area is 163 Å². The van der Waals surface area contributed by atoms with Gasteiger partial charge in [-0.1, -0.05) is 48.5 Å². The number of pyridine rings is 1. The molecule has 0 saturated carbocycles. The number of benzene rings is 3. The maximum Gasteiger partial charge on any atom is 0.244 e. The predicted molar refractivity (Wildman–Crippen MR) is 111 cm³/mol. The Morgan fingerprint density at radius 2 is 1.50 bits per heavy atom. The average Bonchev–Trinajstić information content (AvgIpc) is 2.72. The topological polar surface area (TPSA) is 82.3 Å². The summed E-state index contributed by atoms with van der Waals surface area (Å²) in [4.78, 5) is 4.79. The number of ether oxygens (including phenoxy) is 1. The first-order chi connectivity index (χ1) is 13.5. The summed E-state index contributed by atoms with van der Waals surface area (Å²) < 4.78 is 27.3. The highest BCUT2D eigenvalue weighted by Gasteiger charge is 2.10. The van der Waals surface area contributed by atoms with Crippen LogP contribution >= 0.6 is 0 Å². The molecular formula is C22H18N2O3S. The van der Waals surface area contributed by atoms with Crippen LogP contribution in [0.2, 0.25) is 0 Å². The van der Waals surface area contributed by atoms with Crippen molar-refractivity contribution in [3.8, 4) is 28.1 Å². The monoisotopic (exact) mass is 390 g/mol. The first kappa shape index (κ1) is 18.2. The van der Waals surface area contributed by atoms with Crippen LogP contribution in [0.3, 0.4) is 0 Å². The Balaban J connectivity index is 1.75. The Morgan fingerprint density at radius 3 is 2.21 bits per heavy atom. The number of hydrogen-bond donors (Lipinski definition) is 1. The second-order valence-corrected chi connectivity index (χ2v) is 7.95. The van der Waals surface area contributed by atoms with Crippen LogP contribution < -0.4 is 9.88 Å². The highest BCUT2D eigenvalue weighted by molar-refractivity contribution is 7.88. The van der Waals surface area contributed by atoms with Crippen molar-refractivity contribution in [3.63, 3.8) is 0 Å². The first-order valence-corrected chi connectivity index (χ1v) is 10.4. The van der Waals surface area contributed by atoms with Gasteiger partial charge in [0.05, 0.1) is 11.2 Å². The zero-order chi connectivity index (χ0) is 19.6. The summed E-state index contributed by atoms with van der Waals surface area (Å²) in [6.07, 6.45) is 0. The maximum absolute atomic E-state index is 11.0. The van der Waals surface area contributed by atoms with E-state index in [0.29, 0.717) is 5.75 Å². The van der Waals surface area contributed by atoms with E-state index in [9.17, 15) is 8.42 Å². The summed E-state index contributed by atoms with van der Waals surface area (Å²) in [5, 5.41) is 6.05. The Bertz CT molecular complexity index is 1220. The fraction of sp³-hybridized carbons (Fsp3) is 0.0455. The third-order valence-electron chi connectivity index (χ3n) is 4.34. The van der Waals surface area contributed by atoms with E-state index in [2.05, 4.69) is 24.3 Å². The number of aromatic nitrogens is 1. The number of hydrogen-bond acceptors (Lipinski definition) is 4. The summed E-state index contributed by atoms with van der Waals surface area (Å²) >= 11 is 0. The van der Waals surface area contributed by atoms with E-state index in [1.165, 1.54) is 0 Å². The largest absolute Gasteiger partial charge is 0.476 e. The summed E-state index contributed by atoms with van der Waals surface area (Å²) in [7, 11) is -3.68. The Kier molecular flexibility index (Phi) is 4.81. The molecule has 0 fully saturated rings. The van der Waals surface area contributed by atoms with Crippen LogP contribution in [-0.4, -0.2) is 19.3 Å². The molecule has 0 aliphatic carbocycles. The van der Waals surface area contributed by atoms with Gasteiger partial charge in [0.15, 0.2) is 0 Å². The number of fused-ring (bicyclic) bond motifs is 1. The number of para-hydroxylation sites is 1. The lowest BCUT2D eigenvalue weighted by atomic mass is 9.98. The van der Waals surface area contributed by atoms with Crippen LogP contribution in [0.25, 0.3) is 33.3 Å². The molecule has 0 saturated heterocycles. The molecule has 28 heavy (non-hydrogen) atoms. The molecule has 0 spiro atoms. The van der Waals surface area contributed by atoms with Crippen molar-refractivity contribution in [2.75, 3.05) is 5.94 Å². The van der Waals surface area contributed by atoms with E-state index < -0.39 is 16.0 Å². The van der Waals surface area contributed by atoms with Gasteiger partial charge in [0.2, 0.25) is 16.0 Å². The van der Waals surface area contributed by atoms with E-state index >= 15 is 0 Å². The summed E-state index contributed by atoms with van der Waals surface area (Å²) in [5.41, 5.74) is 4.88. The number of nitrogens with two attached hydrogens (primary N) is 1. The first-order valence-electron chi connectivity index (χ1n) is 8.68. The van der Waals surface area contributed by atoms with E-state index in [0.717, 1.165) is 33.3 Å². The molecule has 5 nitrogen and oxygen atoms in total. The second kappa shape index (κ2) is 7.42. The molecular weight excluding hydrogens is 372 g/mol. The lowest BCUT2D eigenvalue weighted by Crippen LogP contribution is -2.20. The number of nitrogens with zero attached hydrogens (tertiary/aromatic N) is 1. The van der Waals surface area contributed by atoms with Crippen molar-refractivity contribution in [3.05, 3.63) is 84.9 Å². The molecule has 4 aromatic rings. The molecule has 4 rings (SSSR count). The van der Waals surface area contributed by atoms with Gasteiger partial charge < -0.3 is 4.74 Å². The fourth-order valence-electron chi connectivity index (χ4n) is 3.05. The molecule has 0 unspecified atom stereocenters. The van der Waals surface area contributed by atoms with Crippen LogP contribution in [-0.2, 0) is 10.0 Å². The van der Waals surface area contributed by atoms with Crippen LogP contribution in [0.4, 0.5) is 0 Å². The molecule has 0 aliphatic heterocycles. The molecule has 2 N–H and O–H groups in total. The van der Waals surface area contributed by atoms with Gasteiger partial charge in [-0.2, -0.15) is 0 Å². The van der Waals surface area contributed by atoms with E-state index in [1.54, 1.807) is 12.1 Å². The van der Waals surface area contributed by atoms with E-state index in [4.69, 9.17) is 14.9 Å². The van der Waals surface area contributed by atoms with Crippen molar-refractivity contribution >= 4 is 20.9 Å². The van der Waals surface area contributed by atoms with Crippen molar-refractivity contribution in [2.24, 2.45) is 5.14 Å². The molecule has 1 aromatic heterocycles. The van der Waals surface area contributed by atoms with Gasteiger partial charge in [-0.15, -0.1) is 0 Å². The normalized spacial score (nSPS) is 11.5. The lowest BCUT2D eigenvalue weighted by Gasteiger charge is -2.11. The van der Waals surface area contributed by atoms with Crippen LogP contribution in [0.1, 0.15) is 0 Å². The highest BCUT2D eigenvalue weighted by atomic mass is 32.2. The molecule has 6 heteroatoms. The molecule has 1 heterocycles. The molecule has 0 aliphatic rings. The minimum absolute atomic E-state index is 0.432. The number of primary sulfonamides is 1. The van der Waals surface area contributed by atoms with Crippen molar-refractivity contribution < 1.29 is 13.2 Å². The molecule has 0 radical (unpaired) electrons. The zero-order valence-corrected chi connectivity index (χ0v) is 15.8. The van der Waals surface area contributed by atoms with Crippen molar-refractivity contribution in [1.29, 1.82) is 0 Å². The smallest absolute Gasteiger partial charge is 0.244 e. The Hall–Kier alpha value is -3.22. The van der Waals surface area contributed by atoms with Crippen LogP contribution in [0.15, 0.2) is 84.9 Å². The van der Waals surface area contributed by atoms with Gasteiger partial charge in [-0.3, -0.25) is 0 Å². The second-order valence-electron chi connectivity index (χ2n) is 6.39. The van der Waals surface area contributed by atoms with Gasteiger partial charge >= 0.3 is 0 Å². The third kappa shape index (κ3) is 4.03. The minimum atomic E-state index is -3.68. The lowest BCUT2D eigenvalue weighted by molar-refractivity contribution is 0.377. The summed E-state index contributed by atoms with van der Waals surface area (Å²) in [6.45, 7) is 0. The summed E-state index contributed by atoms with van der Waals surface area (Å²) in [5.74, 6) is -0.125. The van der Waals surface area contributed by atoms with Crippen LogP contribution in [0, 0.1) is 0 Å². The standard InChI is InChI=1S/C22H18N2O3S/c23-28(25,26)15-27-18-12-10-17(11-13-18)22-14-20(16-6-2-1-3-7-16)19-8-4-5-9-21(19)24-22/h1-14H,15H2,(H2,23,25,26). The molecule has 0 atom stereocenters. The van der Waals surface area contributed by atoms with Crippen LogP contribution in [0.5, 0.6) is 5.75 Å². The van der Waals surface area contributed by atoms with Gasteiger partial charge in [-0.05, 0) is 47.5 Å². The molecule has 0 bridgehead atoms. The summed E-state index contributed by atoms with van der Waals surface area (Å²) in [6, 6.07) is 27.4. The predicted octanol–water partition coefficient (Wildman–Crippen LogP) is 4.19. The van der Waals surface area contributed by atoms with E-state index in [-0.39, 0.29) is 0 Å². The fourth-order valence-corrected chi connectivity index (χ4v) is 3.35. The average molecular weight is 390 g/mol. The van der Waals surface area contributed by atoms with E-state index in [1.807, 2.05) is 48.5 Å². The van der Waals surface area contributed by atoms with Crippen molar-refractivity contribution in [2.45, 2.75) is 0 Å². The molecule has 140 valence electrons. The third-order valence-corrected chi connectivity index (χ3v) is 4.79. The van der Waals surface area contributed by atoms with Gasteiger partial charge in [0.25, 0.3) is 0 Å². The SMILES string of the molecule is NS(=O)(=O)COc1ccc(-c2cc(-c3ccccc3)c3ccccc3n2)cc1. The maximum atomic E-state index is 11.0.